The first-order valence-electron chi connectivity index (χ1n) is 7.86. The summed E-state index contributed by atoms with van der Waals surface area (Å²) in [6.45, 7) is 10.5. The number of likely N-dealkylation sites (tertiary alicyclic amines) is 1. The van der Waals surface area contributed by atoms with Crippen molar-refractivity contribution >= 4 is 0 Å². The lowest BCUT2D eigenvalue weighted by molar-refractivity contribution is 0.00381. The standard InChI is InChI=1S/C15H28N4O2/c1-15(2,3)14-17-13(21-18-14)11-19-8-5-12(6-9-19)20-10-4-7-16/h12H,4-11,16H2,1-3H3. The van der Waals surface area contributed by atoms with Gasteiger partial charge in [0.15, 0.2) is 5.82 Å². The van der Waals surface area contributed by atoms with Crippen LogP contribution in [-0.4, -0.2) is 47.4 Å². The Morgan fingerprint density at radius 2 is 2.05 bits per heavy atom. The van der Waals surface area contributed by atoms with E-state index in [0.717, 1.165) is 51.3 Å². The van der Waals surface area contributed by atoms with Gasteiger partial charge in [-0.05, 0) is 25.8 Å². The van der Waals surface area contributed by atoms with Gasteiger partial charge in [0.25, 0.3) is 0 Å². The quantitative estimate of drug-likeness (QED) is 0.805. The largest absolute Gasteiger partial charge is 0.378 e. The first kappa shape index (κ1) is 16.4. The molecule has 2 N–H and O–H groups in total. The van der Waals surface area contributed by atoms with Crippen molar-refractivity contribution in [3.8, 4) is 0 Å². The Hall–Kier alpha value is -0.980. The molecule has 0 saturated carbocycles. The van der Waals surface area contributed by atoms with Crippen LogP contribution in [0.2, 0.25) is 0 Å². The molecule has 0 spiro atoms. The molecule has 120 valence electrons. The van der Waals surface area contributed by atoms with Crippen molar-refractivity contribution in [3.05, 3.63) is 11.7 Å². The highest BCUT2D eigenvalue weighted by Gasteiger charge is 2.24. The van der Waals surface area contributed by atoms with Crippen LogP contribution in [0.5, 0.6) is 0 Å². The summed E-state index contributed by atoms with van der Waals surface area (Å²) in [5, 5.41) is 4.07. The zero-order valence-corrected chi connectivity index (χ0v) is 13.5. The molecule has 0 radical (unpaired) electrons. The lowest BCUT2D eigenvalue weighted by atomic mass is 9.96. The van der Waals surface area contributed by atoms with Gasteiger partial charge in [-0.15, -0.1) is 0 Å². The Bertz CT molecular complexity index is 420. The zero-order valence-electron chi connectivity index (χ0n) is 13.5. The van der Waals surface area contributed by atoms with E-state index in [1.807, 2.05) is 0 Å². The van der Waals surface area contributed by atoms with Crippen LogP contribution in [0, 0.1) is 0 Å². The molecule has 1 aromatic rings. The van der Waals surface area contributed by atoms with Gasteiger partial charge in [0, 0.05) is 25.1 Å². The van der Waals surface area contributed by atoms with E-state index >= 15 is 0 Å². The Morgan fingerprint density at radius 3 is 2.62 bits per heavy atom. The first-order chi connectivity index (χ1) is 9.99. The summed E-state index contributed by atoms with van der Waals surface area (Å²) < 4.78 is 11.2. The van der Waals surface area contributed by atoms with Crippen LogP contribution in [0.25, 0.3) is 0 Å². The third-order valence-corrected chi connectivity index (χ3v) is 3.73. The molecule has 0 aliphatic carbocycles. The van der Waals surface area contributed by atoms with Crippen LogP contribution < -0.4 is 5.73 Å². The molecule has 6 heteroatoms. The van der Waals surface area contributed by atoms with Gasteiger partial charge < -0.3 is 15.0 Å². The minimum atomic E-state index is -0.0639. The molecule has 0 aromatic carbocycles. The summed E-state index contributed by atoms with van der Waals surface area (Å²) in [6, 6.07) is 0. The van der Waals surface area contributed by atoms with Crippen LogP contribution in [0.4, 0.5) is 0 Å². The van der Waals surface area contributed by atoms with Crippen molar-refractivity contribution in [2.75, 3.05) is 26.2 Å². The monoisotopic (exact) mass is 296 g/mol. The second-order valence-corrected chi connectivity index (χ2v) is 6.75. The minimum Gasteiger partial charge on any atom is -0.378 e. The Balaban J connectivity index is 1.74. The van der Waals surface area contributed by atoms with Crippen molar-refractivity contribution in [3.63, 3.8) is 0 Å². The second-order valence-electron chi connectivity index (χ2n) is 6.75. The fraction of sp³-hybridized carbons (Fsp3) is 0.867. The number of ether oxygens (including phenoxy) is 1. The summed E-state index contributed by atoms with van der Waals surface area (Å²) in [4.78, 5) is 6.84. The molecule has 21 heavy (non-hydrogen) atoms. The smallest absolute Gasteiger partial charge is 0.240 e. The highest BCUT2D eigenvalue weighted by atomic mass is 16.5. The maximum atomic E-state index is 5.81. The molecule has 0 bridgehead atoms. The molecular weight excluding hydrogens is 268 g/mol. The number of hydrogen-bond acceptors (Lipinski definition) is 6. The van der Waals surface area contributed by atoms with E-state index in [9.17, 15) is 0 Å². The van der Waals surface area contributed by atoms with Gasteiger partial charge in [0.1, 0.15) is 0 Å². The molecule has 1 saturated heterocycles. The van der Waals surface area contributed by atoms with Crippen LogP contribution in [0.3, 0.4) is 0 Å². The van der Waals surface area contributed by atoms with Crippen LogP contribution in [0.15, 0.2) is 4.52 Å². The summed E-state index contributed by atoms with van der Waals surface area (Å²) in [5.74, 6) is 1.49. The van der Waals surface area contributed by atoms with Crippen molar-refractivity contribution in [2.24, 2.45) is 5.73 Å². The van der Waals surface area contributed by atoms with Gasteiger partial charge in [-0.2, -0.15) is 4.98 Å². The molecule has 6 nitrogen and oxygen atoms in total. The highest BCUT2D eigenvalue weighted by molar-refractivity contribution is 5.00. The Kier molecular flexibility index (Phi) is 5.72. The predicted molar refractivity (Wildman–Crippen MR) is 80.9 cm³/mol. The summed E-state index contributed by atoms with van der Waals surface area (Å²) in [6.07, 6.45) is 3.44. The first-order valence-corrected chi connectivity index (χ1v) is 7.86. The van der Waals surface area contributed by atoms with Crippen LogP contribution >= 0.6 is 0 Å². The zero-order chi connectivity index (χ0) is 15.3. The fourth-order valence-electron chi connectivity index (χ4n) is 2.38. The lowest BCUT2D eigenvalue weighted by Gasteiger charge is -2.30. The maximum Gasteiger partial charge on any atom is 0.240 e. The third-order valence-electron chi connectivity index (χ3n) is 3.73. The SMILES string of the molecule is CC(C)(C)c1noc(CN2CCC(OCCCN)CC2)n1. The van der Waals surface area contributed by atoms with Gasteiger partial charge in [-0.3, -0.25) is 4.90 Å². The second kappa shape index (κ2) is 7.33. The molecule has 2 rings (SSSR count). The summed E-state index contributed by atoms with van der Waals surface area (Å²) >= 11 is 0. The molecule has 1 aromatic heterocycles. The van der Waals surface area contributed by atoms with E-state index in [1.54, 1.807) is 0 Å². The van der Waals surface area contributed by atoms with Crippen molar-refractivity contribution in [1.29, 1.82) is 0 Å². The Morgan fingerprint density at radius 1 is 1.33 bits per heavy atom. The fourth-order valence-corrected chi connectivity index (χ4v) is 2.38. The highest BCUT2D eigenvalue weighted by Crippen LogP contribution is 2.20. The number of nitrogens with two attached hydrogens (primary N) is 1. The molecular formula is C15H28N4O2. The summed E-state index contributed by atoms with van der Waals surface area (Å²) in [7, 11) is 0. The van der Waals surface area contributed by atoms with Gasteiger partial charge in [-0.1, -0.05) is 25.9 Å². The molecule has 0 unspecified atom stereocenters. The number of nitrogens with zero attached hydrogens (tertiary/aromatic N) is 3. The predicted octanol–water partition coefficient (Wildman–Crippen LogP) is 1.70. The van der Waals surface area contributed by atoms with E-state index in [2.05, 4.69) is 35.8 Å². The molecule has 1 fully saturated rings. The molecule has 1 aliphatic rings. The average Bonchev–Trinajstić information content (AvgIpc) is 2.90. The van der Waals surface area contributed by atoms with Crippen molar-refractivity contribution in [2.45, 2.75) is 58.1 Å². The molecule has 2 heterocycles. The van der Waals surface area contributed by atoms with E-state index in [4.69, 9.17) is 15.0 Å². The molecule has 1 aliphatic heterocycles. The topological polar surface area (TPSA) is 77.4 Å². The van der Waals surface area contributed by atoms with Crippen molar-refractivity contribution < 1.29 is 9.26 Å². The van der Waals surface area contributed by atoms with Gasteiger partial charge in [0.2, 0.25) is 5.89 Å². The number of rotatable bonds is 6. The van der Waals surface area contributed by atoms with Gasteiger partial charge in [-0.25, -0.2) is 0 Å². The van der Waals surface area contributed by atoms with Crippen molar-refractivity contribution in [1.82, 2.24) is 15.0 Å². The van der Waals surface area contributed by atoms with E-state index < -0.39 is 0 Å². The number of hydrogen-bond donors (Lipinski definition) is 1. The normalized spacial score (nSPS) is 18.3. The minimum absolute atomic E-state index is 0.0639. The molecule has 0 amide bonds. The van der Waals surface area contributed by atoms with Gasteiger partial charge >= 0.3 is 0 Å². The van der Waals surface area contributed by atoms with Crippen LogP contribution in [0.1, 0.15) is 51.7 Å². The Labute approximate surface area is 127 Å². The van der Waals surface area contributed by atoms with Gasteiger partial charge in [0.05, 0.1) is 12.6 Å². The van der Waals surface area contributed by atoms with E-state index in [0.29, 0.717) is 18.5 Å². The van der Waals surface area contributed by atoms with E-state index in [1.165, 1.54) is 0 Å². The summed E-state index contributed by atoms with van der Waals surface area (Å²) in [5.41, 5.74) is 5.41. The maximum absolute atomic E-state index is 5.81. The number of aromatic nitrogens is 2. The third kappa shape index (κ3) is 5.05. The van der Waals surface area contributed by atoms with E-state index in [-0.39, 0.29) is 5.41 Å². The number of piperidine rings is 1. The van der Waals surface area contributed by atoms with Crippen LogP contribution in [-0.2, 0) is 16.7 Å². The average molecular weight is 296 g/mol. The molecule has 0 atom stereocenters. The lowest BCUT2D eigenvalue weighted by Crippen LogP contribution is -2.36.